The van der Waals surface area contributed by atoms with Crippen LogP contribution in [0.25, 0.3) is 0 Å². The van der Waals surface area contributed by atoms with Gasteiger partial charge in [-0.25, -0.2) is 9.38 Å². The molecule has 6 N–H and O–H groups in total. The molecule has 13 heteroatoms. The number of nitrogens with two attached hydrogens (primary N) is 1. The van der Waals surface area contributed by atoms with E-state index < -0.39 is 16.0 Å². The quantitative estimate of drug-likeness (QED) is 0.231. The van der Waals surface area contributed by atoms with Crippen LogP contribution in [0.3, 0.4) is 0 Å². The van der Waals surface area contributed by atoms with E-state index in [0.29, 0.717) is 35.4 Å². The predicted molar refractivity (Wildman–Crippen MR) is 143 cm³/mol. The van der Waals surface area contributed by atoms with Crippen molar-refractivity contribution in [1.29, 1.82) is 0 Å². The Balaban J connectivity index is 1.67. The van der Waals surface area contributed by atoms with E-state index in [2.05, 4.69) is 31.6 Å². The minimum absolute atomic E-state index is 0.104. The van der Waals surface area contributed by atoms with Gasteiger partial charge in [-0.2, -0.15) is 13.1 Å². The number of nitrogens with zero attached hydrogens (tertiary/aromatic N) is 1. The molecule has 2 aromatic rings. The zero-order chi connectivity index (χ0) is 27.0. The number of rotatable bonds is 14. The Morgan fingerprint density at radius 2 is 1.73 bits per heavy atom. The number of benzene rings is 2. The molecule has 0 heterocycles. The van der Waals surface area contributed by atoms with Crippen LogP contribution in [-0.2, 0) is 10.2 Å². The van der Waals surface area contributed by atoms with Gasteiger partial charge in [0.2, 0.25) is 5.75 Å². The van der Waals surface area contributed by atoms with E-state index in [1.807, 2.05) is 0 Å². The van der Waals surface area contributed by atoms with E-state index in [1.165, 1.54) is 27.4 Å². The molecule has 2 aromatic carbocycles. The number of aliphatic imine (C=N–C) groups is 1. The summed E-state index contributed by atoms with van der Waals surface area (Å²) in [4.78, 5) is 3.95. The lowest BCUT2D eigenvalue weighted by Crippen LogP contribution is -2.32. The first-order chi connectivity index (χ1) is 17.7. The molecule has 37 heavy (non-hydrogen) atoms. The lowest BCUT2D eigenvalue weighted by atomic mass is 10.2. The zero-order valence-electron chi connectivity index (χ0n) is 20.8. The number of anilines is 3. The number of hydrogen-bond acceptors (Lipinski definition) is 9. The van der Waals surface area contributed by atoms with Crippen molar-refractivity contribution in [1.82, 2.24) is 4.72 Å². The molecule has 0 saturated heterocycles. The molecule has 0 bridgehead atoms. The van der Waals surface area contributed by atoms with E-state index in [9.17, 15) is 12.8 Å². The highest BCUT2D eigenvalue weighted by atomic mass is 32.2. The summed E-state index contributed by atoms with van der Waals surface area (Å²) in [5.41, 5.74) is 6.82. The number of hydrogen-bond donors (Lipinski definition) is 5. The van der Waals surface area contributed by atoms with Crippen LogP contribution in [0.5, 0.6) is 17.2 Å². The third-order valence-corrected chi connectivity index (χ3v) is 6.28. The Labute approximate surface area is 215 Å². The summed E-state index contributed by atoms with van der Waals surface area (Å²) in [6.45, 7) is 4.12. The highest BCUT2D eigenvalue weighted by molar-refractivity contribution is 7.90. The van der Waals surface area contributed by atoms with Crippen molar-refractivity contribution in [2.75, 3.05) is 43.2 Å². The number of nitrogens with one attached hydrogen (secondary N) is 4. The minimum Gasteiger partial charge on any atom is -0.493 e. The second kappa shape index (κ2) is 12.3. The number of methoxy groups -OCH3 is 3. The van der Waals surface area contributed by atoms with E-state index in [4.69, 9.17) is 19.9 Å². The summed E-state index contributed by atoms with van der Waals surface area (Å²) in [5, 5.41) is 5.57. The predicted octanol–water partition coefficient (Wildman–Crippen LogP) is 3.53. The minimum atomic E-state index is -3.80. The average molecular weight is 535 g/mol. The first-order valence-corrected chi connectivity index (χ1v) is 12.7. The second-order valence-electron chi connectivity index (χ2n) is 8.07. The average Bonchev–Trinajstić information content (AvgIpc) is 3.71. The van der Waals surface area contributed by atoms with Crippen molar-refractivity contribution in [2.24, 2.45) is 16.6 Å². The molecule has 0 unspecified atom stereocenters. The zero-order valence-corrected chi connectivity index (χ0v) is 21.6. The molecule has 0 atom stereocenters. The highest BCUT2D eigenvalue weighted by Gasteiger charge is 2.23. The third kappa shape index (κ3) is 8.02. The molecular weight excluding hydrogens is 503 g/mol. The summed E-state index contributed by atoms with van der Waals surface area (Å²) in [5.74, 6) is 0.454. The topological polar surface area (TPSA) is 148 Å². The Morgan fingerprint density at radius 3 is 2.30 bits per heavy atom. The number of allylic oxidation sites excluding steroid dienone is 1. The molecule has 200 valence electrons. The molecule has 1 aliphatic carbocycles. The highest BCUT2D eigenvalue weighted by Crippen LogP contribution is 2.40. The van der Waals surface area contributed by atoms with Crippen LogP contribution in [0.4, 0.5) is 21.5 Å². The van der Waals surface area contributed by atoms with E-state index in [0.717, 1.165) is 19.1 Å². The molecule has 11 nitrogen and oxygen atoms in total. The molecule has 1 aliphatic rings. The standard InChI is InChI=1S/C24H31FN6O5S/c1-15(29-17-11-21(34-2)23(36-4)22(12-17)35-3)27-14-18(25)24(26)30-19-7-5-6-8-20(19)31-37(32,33)28-13-16-9-10-16/h5-8,11-12,14,16,28-31H,1,9-10,13,26H2,2-4H3/b24-18-,27-14-. The van der Waals surface area contributed by atoms with Crippen molar-refractivity contribution in [3.8, 4) is 17.2 Å². The van der Waals surface area contributed by atoms with Crippen molar-refractivity contribution < 1.29 is 27.0 Å². The van der Waals surface area contributed by atoms with Gasteiger partial charge < -0.3 is 30.6 Å². The SMILES string of the molecule is C=C(/N=C\C(F)=C(/N)Nc1ccccc1NS(=O)(=O)NCC1CC1)Nc1cc(OC)c(OC)c(OC)c1. The van der Waals surface area contributed by atoms with Crippen LogP contribution in [-0.4, -0.2) is 42.5 Å². The molecule has 3 rings (SSSR count). The van der Waals surface area contributed by atoms with Gasteiger partial charge in [-0.15, -0.1) is 0 Å². The van der Waals surface area contributed by atoms with Gasteiger partial charge in [0.1, 0.15) is 11.6 Å². The van der Waals surface area contributed by atoms with Crippen molar-refractivity contribution in [3.63, 3.8) is 0 Å². The normalized spacial score (nSPS) is 14.1. The lowest BCUT2D eigenvalue weighted by Gasteiger charge is -2.15. The maximum atomic E-state index is 14.7. The van der Waals surface area contributed by atoms with Crippen LogP contribution in [0.15, 0.2) is 65.4 Å². The first kappa shape index (κ1) is 27.6. The number of para-hydroxylation sites is 2. The fraction of sp³-hybridized carbons (Fsp3) is 0.292. The van der Waals surface area contributed by atoms with Gasteiger partial charge in [0.15, 0.2) is 17.3 Å². The van der Waals surface area contributed by atoms with Crippen LogP contribution in [0.1, 0.15) is 12.8 Å². The number of halogens is 1. The van der Waals surface area contributed by atoms with Gasteiger partial charge >= 0.3 is 0 Å². The smallest absolute Gasteiger partial charge is 0.299 e. The van der Waals surface area contributed by atoms with Crippen molar-refractivity contribution in [2.45, 2.75) is 12.8 Å². The van der Waals surface area contributed by atoms with Crippen LogP contribution in [0, 0.1) is 5.92 Å². The molecule has 0 aromatic heterocycles. The second-order valence-corrected chi connectivity index (χ2v) is 9.57. The van der Waals surface area contributed by atoms with E-state index >= 15 is 0 Å². The van der Waals surface area contributed by atoms with Crippen LogP contribution >= 0.6 is 0 Å². The van der Waals surface area contributed by atoms with Gasteiger partial charge in [-0.3, -0.25) is 4.72 Å². The monoisotopic (exact) mass is 534 g/mol. The maximum absolute atomic E-state index is 14.7. The van der Waals surface area contributed by atoms with Crippen molar-refractivity contribution in [3.05, 3.63) is 60.4 Å². The summed E-state index contributed by atoms with van der Waals surface area (Å²) >= 11 is 0. The molecule has 0 aliphatic heterocycles. The lowest BCUT2D eigenvalue weighted by molar-refractivity contribution is 0.324. The summed E-state index contributed by atoms with van der Waals surface area (Å²) in [6.07, 6.45) is 2.89. The summed E-state index contributed by atoms with van der Waals surface area (Å²) in [6, 6.07) is 9.66. The fourth-order valence-corrected chi connectivity index (χ4v) is 4.17. The molecular formula is C24H31FN6O5S. The van der Waals surface area contributed by atoms with Crippen molar-refractivity contribution >= 4 is 33.5 Å². The van der Waals surface area contributed by atoms with Gasteiger partial charge in [-0.1, -0.05) is 18.7 Å². The largest absolute Gasteiger partial charge is 0.493 e. The van der Waals surface area contributed by atoms with Gasteiger partial charge in [0.25, 0.3) is 10.2 Å². The Morgan fingerprint density at radius 1 is 1.11 bits per heavy atom. The Bertz CT molecular complexity index is 1270. The van der Waals surface area contributed by atoms with E-state index in [1.54, 1.807) is 30.3 Å². The van der Waals surface area contributed by atoms with Gasteiger partial charge in [0.05, 0.1) is 38.9 Å². The molecule has 1 fully saturated rings. The summed E-state index contributed by atoms with van der Waals surface area (Å²) in [7, 11) is 0.661. The molecule has 1 saturated carbocycles. The van der Waals surface area contributed by atoms with Crippen LogP contribution < -0.4 is 40.0 Å². The first-order valence-electron chi connectivity index (χ1n) is 11.2. The van der Waals surface area contributed by atoms with Crippen LogP contribution in [0.2, 0.25) is 0 Å². The summed E-state index contributed by atoms with van der Waals surface area (Å²) < 4.78 is 60.1. The molecule has 0 amide bonds. The maximum Gasteiger partial charge on any atom is 0.299 e. The Hall–Kier alpha value is -3.97. The Kier molecular flexibility index (Phi) is 9.20. The number of ether oxygens (including phenoxy) is 3. The van der Waals surface area contributed by atoms with Gasteiger partial charge in [0, 0.05) is 24.4 Å². The molecule has 0 radical (unpaired) electrons. The molecule has 0 spiro atoms. The third-order valence-electron chi connectivity index (χ3n) is 5.24. The van der Waals surface area contributed by atoms with Gasteiger partial charge in [-0.05, 0) is 30.9 Å². The fourth-order valence-electron chi connectivity index (χ4n) is 3.17. The van der Waals surface area contributed by atoms with E-state index in [-0.39, 0.29) is 23.0 Å².